The zero-order chi connectivity index (χ0) is 10.7. The minimum absolute atomic E-state index is 0.270. The number of phenolic OH excluding ortho intramolecular Hbond substituents is 1. The summed E-state index contributed by atoms with van der Waals surface area (Å²) < 4.78 is 0. The molecular weight excluding hydrogens is 184 g/mol. The van der Waals surface area contributed by atoms with Gasteiger partial charge in [-0.2, -0.15) is 0 Å². The van der Waals surface area contributed by atoms with Gasteiger partial charge < -0.3 is 5.11 Å². The highest BCUT2D eigenvalue weighted by Crippen LogP contribution is 2.28. The first-order valence-corrected chi connectivity index (χ1v) is 4.82. The number of aromatic hydroxyl groups is 1. The molecule has 0 atom stereocenters. The van der Waals surface area contributed by atoms with Crippen LogP contribution in [0.25, 0.3) is 5.57 Å². The van der Waals surface area contributed by atoms with Crippen LogP contribution in [0, 0.1) is 0 Å². The molecule has 1 N–H and O–H groups in total. The minimum Gasteiger partial charge on any atom is -0.507 e. The minimum atomic E-state index is 0.270. The molecule has 0 aliphatic rings. The third kappa shape index (κ3) is 1.91. The smallest absolute Gasteiger partial charge is 0.123 e. The summed E-state index contributed by atoms with van der Waals surface area (Å²) in [7, 11) is 0. The Labute approximate surface area is 89.3 Å². The van der Waals surface area contributed by atoms with E-state index in [4.69, 9.17) is 0 Å². The number of benzene rings is 2. The second-order valence-electron chi connectivity index (χ2n) is 3.36. The van der Waals surface area contributed by atoms with E-state index in [1.807, 2.05) is 42.5 Å². The second-order valence-corrected chi connectivity index (χ2v) is 3.36. The summed E-state index contributed by atoms with van der Waals surface area (Å²) in [6.07, 6.45) is 0. The molecule has 0 aromatic heterocycles. The molecule has 0 saturated carbocycles. The first-order chi connectivity index (χ1) is 7.29. The molecule has 1 nitrogen and oxygen atoms in total. The lowest BCUT2D eigenvalue weighted by Gasteiger charge is -2.07. The van der Waals surface area contributed by atoms with Gasteiger partial charge in [-0.1, -0.05) is 55.1 Å². The van der Waals surface area contributed by atoms with Crippen molar-refractivity contribution in [2.45, 2.75) is 0 Å². The van der Waals surface area contributed by atoms with Crippen molar-refractivity contribution in [3.05, 3.63) is 72.3 Å². The van der Waals surface area contributed by atoms with Gasteiger partial charge in [0.2, 0.25) is 0 Å². The molecule has 0 aliphatic heterocycles. The first-order valence-electron chi connectivity index (χ1n) is 4.82. The van der Waals surface area contributed by atoms with Gasteiger partial charge in [-0.25, -0.2) is 0 Å². The van der Waals surface area contributed by atoms with Gasteiger partial charge in [-0.3, -0.25) is 0 Å². The second kappa shape index (κ2) is 4.01. The zero-order valence-electron chi connectivity index (χ0n) is 8.35. The van der Waals surface area contributed by atoms with E-state index in [1.54, 1.807) is 12.1 Å². The number of para-hydroxylation sites is 1. The van der Waals surface area contributed by atoms with Gasteiger partial charge >= 0.3 is 0 Å². The largest absolute Gasteiger partial charge is 0.507 e. The van der Waals surface area contributed by atoms with E-state index in [1.165, 1.54) is 0 Å². The highest BCUT2D eigenvalue weighted by Gasteiger charge is 2.05. The van der Waals surface area contributed by atoms with Crippen LogP contribution in [0.5, 0.6) is 5.75 Å². The van der Waals surface area contributed by atoms with Gasteiger partial charge in [0.1, 0.15) is 5.75 Å². The van der Waals surface area contributed by atoms with Crippen LogP contribution in [0.15, 0.2) is 61.2 Å². The van der Waals surface area contributed by atoms with Gasteiger partial charge in [-0.15, -0.1) is 0 Å². The Morgan fingerprint density at radius 2 is 1.47 bits per heavy atom. The molecule has 2 aromatic carbocycles. The molecule has 0 bridgehead atoms. The molecule has 0 heterocycles. The third-order valence-corrected chi connectivity index (χ3v) is 2.35. The van der Waals surface area contributed by atoms with Crippen molar-refractivity contribution < 1.29 is 5.11 Å². The Kier molecular flexibility index (Phi) is 2.55. The van der Waals surface area contributed by atoms with E-state index >= 15 is 0 Å². The predicted molar refractivity (Wildman–Crippen MR) is 62.7 cm³/mol. The number of hydrogen-bond donors (Lipinski definition) is 1. The number of phenols is 1. The van der Waals surface area contributed by atoms with Crippen molar-refractivity contribution >= 4 is 5.57 Å². The predicted octanol–water partition coefficient (Wildman–Crippen LogP) is 3.45. The molecule has 0 fully saturated rings. The van der Waals surface area contributed by atoms with Crippen molar-refractivity contribution in [2.75, 3.05) is 0 Å². The van der Waals surface area contributed by atoms with Crippen LogP contribution in [-0.2, 0) is 0 Å². The molecule has 0 saturated heterocycles. The molecule has 0 unspecified atom stereocenters. The fourth-order valence-electron chi connectivity index (χ4n) is 1.52. The third-order valence-electron chi connectivity index (χ3n) is 2.35. The average Bonchev–Trinajstić information content (AvgIpc) is 2.30. The summed E-state index contributed by atoms with van der Waals surface area (Å²) >= 11 is 0. The van der Waals surface area contributed by atoms with Crippen LogP contribution in [-0.4, -0.2) is 5.11 Å². The van der Waals surface area contributed by atoms with E-state index in [2.05, 4.69) is 6.58 Å². The SMILES string of the molecule is C=C(c1ccccc1)c1ccccc1O. The van der Waals surface area contributed by atoms with Crippen molar-refractivity contribution in [3.8, 4) is 5.75 Å². The Morgan fingerprint density at radius 3 is 2.13 bits per heavy atom. The molecule has 0 spiro atoms. The zero-order valence-corrected chi connectivity index (χ0v) is 8.35. The van der Waals surface area contributed by atoms with Gasteiger partial charge in [0.05, 0.1) is 0 Å². The molecule has 2 aromatic rings. The average molecular weight is 196 g/mol. The fraction of sp³-hybridized carbons (Fsp3) is 0. The standard InChI is InChI=1S/C14H12O/c1-11(12-7-3-2-4-8-12)13-9-5-6-10-14(13)15/h2-10,15H,1H2. The van der Waals surface area contributed by atoms with E-state index < -0.39 is 0 Å². The van der Waals surface area contributed by atoms with Gasteiger partial charge in [-0.05, 0) is 17.2 Å². The first kappa shape index (κ1) is 9.53. The summed E-state index contributed by atoms with van der Waals surface area (Å²) in [6, 6.07) is 17.1. The van der Waals surface area contributed by atoms with Crippen LogP contribution in [0.2, 0.25) is 0 Å². The topological polar surface area (TPSA) is 20.2 Å². The van der Waals surface area contributed by atoms with Crippen LogP contribution in [0.1, 0.15) is 11.1 Å². The van der Waals surface area contributed by atoms with Crippen LogP contribution < -0.4 is 0 Å². The van der Waals surface area contributed by atoms with Crippen molar-refractivity contribution in [1.82, 2.24) is 0 Å². The molecule has 0 aliphatic carbocycles. The highest BCUT2D eigenvalue weighted by atomic mass is 16.3. The Balaban J connectivity index is 2.42. The van der Waals surface area contributed by atoms with Crippen LogP contribution in [0.3, 0.4) is 0 Å². The van der Waals surface area contributed by atoms with Crippen molar-refractivity contribution in [2.24, 2.45) is 0 Å². The van der Waals surface area contributed by atoms with Crippen LogP contribution >= 0.6 is 0 Å². The molecule has 0 radical (unpaired) electrons. The van der Waals surface area contributed by atoms with E-state index in [9.17, 15) is 5.11 Å². The maximum Gasteiger partial charge on any atom is 0.123 e. The summed E-state index contributed by atoms with van der Waals surface area (Å²) in [5, 5.41) is 9.68. The van der Waals surface area contributed by atoms with Crippen molar-refractivity contribution in [1.29, 1.82) is 0 Å². The summed E-state index contributed by atoms with van der Waals surface area (Å²) in [5.74, 6) is 0.270. The van der Waals surface area contributed by atoms with Gasteiger partial charge in [0.25, 0.3) is 0 Å². The number of hydrogen-bond acceptors (Lipinski definition) is 1. The van der Waals surface area contributed by atoms with E-state index in [0.717, 1.165) is 16.7 Å². The molecule has 2 rings (SSSR count). The summed E-state index contributed by atoms with van der Waals surface area (Å²) in [6.45, 7) is 4.00. The lowest BCUT2D eigenvalue weighted by Crippen LogP contribution is -1.85. The van der Waals surface area contributed by atoms with Gasteiger partial charge in [0.15, 0.2) is 0 Å². The molecule has 15 heavy (non-hydrogen) atoms. The lowest BCUT2D eigenvalue weighted by molar-refractivity contribution is 0.473. The fourth-order valence-corrected chi connectivity index (χ4v) is 1.52. The Bertz CT molecular complexity index is 472. The Hall–Kier alpha value is -2.02. The van der Waals surface area contributed by atoms with E-state index in [-0.39, 0.29) is 5.75 Å². The van der Waals surface area contributed by atoms with Gasteiger partial charge in [0, 0.05) is 5.56 Å². The molecule has 1 heteroatoms. The molecule has 74 valence electrons. The quantitative estimate of drug-likeness (QED) is 0.779. The Morgan fingerprint density at radius 1 is 0.867 bits per heavy atom. The normalized spacial score (nSPS) is 9.87. The number of rotatable bonds is 2. The maximum atomic E-state index is 9.68. The molecular formula is C14H12O. The van der Waals surface area contributed by atoms with Crippen molar-refractivity contribution in [3.63, 3.8) is 0 Å². The lowest BCUT2D eigenvalue weighted by atomic mass is 9.99. The summed E-state index contributed by atoms with van der Waals surface area (Å²) in [5.41, 5.74) is 2.65. The maximum absolute atomic E-state index is 9.68. The summed E-state index contributed by atoms with van der Waals surface area (Å²) in [4.78, 5) is 0. The van der Waals surface area contributed by atoms with E-state index in [0.29, 0.717) is 0 Å². The molecule has 0 amide bonds. The van der Waals surface area contributed by atoms with Crippen LogP contribution in [0.4, 0.5) is 0 Å². The monoisotopic (exact) mass is 196 g/mol. The highest BCUT2D eigenvalue weighted by molar-refractivity contribution is 5.80.